The summed E-state index contributed by atoms with van der Waals surface area (Å²) in [6, 6.07) is 6.58. The van der Waals surface area contributed by atoms with Crippen molar-refractivity contribution < 1.29 is 17.9 Å². The molecule has 0 atom stereocenters. The number of rotatable bonds is 3. The van der Waals surface area contributed by atoms with Gasteiger partial charge in [-0.05, 0) is 12.1 Å². The fourth-order valence-electron chi connectivity index (χ4n) is 1.54. The third-order valence-corrected chi connectivity index (χ3v) is 2.49. The quantitative estimate of drug-likeness (QED) is 0.875. The maximum atomic E-state index is 13.6. The Morgan fingerprint density at radius 3 is 2.26 bits per heavy atom. The van der Waals surface area contributed by atoms with E-state index in [9.17, 15) is 13.2 Å². The van der Waals surface area contributed by atoms with Crippen LogP contribution >= 0.6 is 12.2 Å². The molecule has 0 heterocycles. The second-order valence-corrected chi connectivity index (χ2v) is 4.12. The molecule has 0 aliphatic carbocycles. The van der Waals surface area contributed by atoms with Gasteiger partial charge >= 0.3 is 0 Å². The lowest BCUT2D eigenvalue weighted by Gasteiger charge is -2.11. The summed E-state index contributed by atoms with van der Waals surface area (Å²) in [6.45, 7) is 0. The summed E-state index contributed by atoms with van der Waals surface area (Å²) >= 11 is 4.71. The van der Waals surface area contributed by atoms with Gasteiger partial charge in [-0.2, -0.15) is 0 Å². The molecule has 0 fully saturated rings. The zero-order chi connectivity index (χ0) is 14.0. The molecule has 0 amide bonds. The van der Waals surface area contributed by atoms with Crippen LogP contribution in [0.15, 0.2) is 36.4 Å². The first kappa shape index (κ1) is 13.4. The number of ether oxygens (including phenoxy) is 1. The topological polar surface area (TPSA) is 35.2 Å². The Balaban J connectivity index is 2.43. The first-order valence-electron chi connectivity index (χ1n) is 5.19. The SMILES string of the molecule is NC(=S)c1c(F)cccc1Oc1cc(F)cc(F)c1. The van der Waals surface area contributed by atoms with Gasteiger partial charge in [0.15, 0.2) is 0 Å². The van der Waals surface area contributed by atoms with Crippen molar-refractivity contribution in [2.75, 3.05) is 0 Å². The number of thiocarbonyl (C=S) groups is 1. The summed E-state index contributed by atoms with van der Waals surface area (Å²) in [5, 5.41) is 0. The Hall–Kier alpha value is -2.08. The molecule has 0 spiro atoms. The van der Waals surface area contributed by atoms with Crippen molar-refractivity contribution in [1.82, 2.24) is 0 Å². The van der Waals surface area contributed by atoms with Gasteiger partial charge in [0.2, 0.25) is 0 Å². The molecular weight excluding hydrogens is 275 g/mol. The van der Waals surface area contributed by atoms with Crippen LogP contribution in [0.5, 0.6) is 11.5 Å². The molecule has 0 saturated carbocycles. The monoisotopic (exact) mass is 283 g/mol. The summed E-state index contributed by atoms with van der Waals surface area (Å²) in [5.41, 5.74) is 5.28. The van der Waals surface area contributed by atoms with Crippen LogP contribution in [0.4, 0.5) is 13.2 Å². The first-order valence-corrected chi connectivity index (χ1v) is 5.60. The van der Waals surface area contributed by atoms with E-state index < -0.39 is 17.5 Å². The van der Waals surface area contributed by atoms with Gasteiger partial charge in [-0.15, -0.1) is 0 Å². The number of halogens is 3. The molecule has 0 saturated heterocycles. The van der Waals surface area contributed by atoms with Crippen LogP contribution in [-0.4, -0.2) is 4.99 Å². The molecule has 2 rings (SSSR count). The van der Waals surface area contributed by atoms with Crippen LogP contribution in [0.2, 0.25) is 0 Å². The highest BCUT2D eigenvalue weighted by Gasteiger charge is 2.13. The van der Waals surface area contributed by atoms with Crippen molar-refractivity contribution in [3.05, 3.63) is 59.4 Å². The predicted octanol–water partition coefficient (Wildman–Crippen LogP) is 3.53. The zero-order valence-corrected chi connectivity index (χ0v) is 10.3. The van der Waals surface area contributed by atoms with Crippen LogP contribution in [-0.2, 0) is 0 Å². The van der Waals surface area contributed by atoms with Crippen molar-refractivity contribution >= 4 is 17.2 Å². The van der Waals surface area contributed by atoms with Gasteiger partial charge in [-0.3, -0.25) is 0 Å². The lowest BCUT2D eigenvalue weighted by molar-refractivity contribution is 0.462. The Morgan fingerprint density at radius 2 is 1.68 bits per heavy atom. The first-order chi connectivity index (χ1) is 8.97. The van der Waals surface area contributed by atoms with E-state index in [0.29, 0.717) is 6.07 Å². The van der Waals surface area contributed by atoms with E-state index in [1.807, 2.05) is 0 Å². The average molecular weight is 283 g/mol. The summed E-state index contributed by atoms with van der Waals surface area (Å²) in [7, 11) is 0. The van der Waals surface area contributed by atoms with Crippen molar-refractivity contribution in [3.8, 4) is 11.5 Å². The minimum absolute atomic E-state index is 0.00231. The number of hydrogen-bond donors (Lipinski definition) is 1. The molecule has 6 heteroatoms. The fourth-order valence-corrected chi connectivity index (χ4v) is 1.74. The molecule has 0 unspecified atom stereocenters. The van der Waals surface area contributed by atoms with E-state index in [-0.39, 0.29) is 22.1 Å². The van der Waals surface area contributed by atoms with E-state index in [2.05, 4.69) is 0 Å². The number of benzene rings is 2. The highest BCUT2D eigenvalue weighted by Crippen LogP contribution is 2.28. The lowest BCUT2D eigenvalue weighted by Crippen LogP contribution is -2.13. The van der Waals surface area contributed by atoms with Gasteiger partial charge in [0.1, 0.15) is 33.9 Å². The van der Waals surface area contributed by atoms with Crippen molar-refractivity contribution in [2.24, 2.45) is 5.73 Å². The summed E-state index contributed by atoms with van der Waals surface area (Å²) in [5.74, 6) is -2.38. The van der Waals surface area contributed by atoms with Crippen molar-refractivity contribution in [1.29, 1.82) is 0 Å². The Morgan fingerprint density at radius 1 is 1.05 bits per heavy atom. The van der Waals surface area contributed by atoms with Crippen molar-refractivity contribution in [2.45, 2.75) is 0 Å². The summed E-state index contributed by atoms with van der Waals surface area (Å²) < 4.78 is 44.8. The number of hydrogen-bond acceptors (Lipinski definition) is 2. The van der Waals surface area contributed by atoms with Crippen LogP contribution in [0.25, 0.3) is 0 Å². The van der Waals surface area contributed by atoms with Gasteiger partial charge < -0.3 is 10.5 Å². The zero-order valence-electron chi connectivity index (χ0n) is 9.49. The Bertz CT molecular complexity index is 626. The lowest BCUT2D eigenvalue weighted by atomic mass is 10.2. The third kappa shape index (κ3) is 3.03. The second kappa shape index (κ2) is 5.27. The highest BCUT2D eigenvalue weighted by molar-refractivity contribution is 7.80. The van der Waals surface area contributed by atoms with E-state index in [1.54, 1.807) is 0 Å². The molecule has 0 aliphatic heterocycles. The molecule has 19 heavy (non-hydrogen) atoms. The van der Waals surface area contributed by atoms with Gasteiger partial charge in [0, 0.05) is 18.2 Å². The molecule has 0 bridgehead atoms. The largest absolute Gasteiger partial charge is 0.456 e. The number of nitrogens with two attached hydrogens (primary N) is 1. The average Bonchev–Trinajstić information content (AvgIpc) is 2.26. The smallest absolute Gasteiger partial charge is 0.140 e. The van der Waals surface area contributed by atoms with E-state index in [0.717, 1.165) is 18.2 Å². The maximum Gasteiger partial charge on any atom is 0.140 e. The van der Waals surface area contributed by atoms with Crippen LogP contribution in [0.3, 0.4) is 0 Å². The minimum Gasteiger partial charge on any atom is -0.456 e. The van der Waals surface area contributed by atoms with E-state index >= 15 is 0 Å². The van der Waals surface area contributed by atoms with Crippen LogP contribution in [0.1, 0.15) is 5.56 Å². The van der Waals surface area contributed by atoms with E-state index in [4.69, 9.17) is 22.7 Å². The minimum atomic E-state index is -0.803. The van der Waals surface area contributed by atoms with Gasteiger partial charge in [0.05, 0.1) is 5.56 Å². The van der Waals surface area contributed by atoms with Gasteiger partial charge in [0.25, 0.3) is 0 Å². The molecule has 2 aromatic carbocycles. The molecule has 2 N–H and O–H groups in total. The summed E-state index contributed by atoms with van der Waals surface area (Å²) in [6.07, 6.45) is 0. The standard InChI is InChI=1S/C13H8F3NOS/c14-7-4-8(15)6-9(5-7)18-11-3-1-2-10(16)12(11)13(17)19/h1-6H,(H2,17,19). The van der Waals surface area contributed by atoms with E-state index in [1.165, 1.54) is 12.1 Å². The normalized spacial score (nSPS) is 10.3. The van der Waals surface area contributed by atoms with Crippen molar-refractivity contribution in [3.63, 3.8) is 0 Å². The van der Waals surface area contributed by atoms with Gasteiger partial charge in [-0.1, -0.05) is 18.3 Å². The molecule has 2 aromatic rings. The fraction of sp³-hybridized carbons (Fsp3) is 0. The van der Waals surface area contributed by atoms with Crippen LogP contribution < -0.4 is 10.5 Å². The Labute approximate surface area is 112 Å². The molecule has 0 aromatic heterocycles. The molecule has 2 nitrogen and oxygen atoms in total. The highest BCUT2D eigenvalue weighted by atomic mass is 32.1. The van der Waals surface area contributed by atoms with Gasteiger partial charge in [-0.25, -0.2) is 13.2 Å². The predicted molar refractivity (Wildman–Crippen MR) is 68.7 cm³/mol. The Kier molecular flexibility index (Phi) is 3.71. The second-order valence-electron chi connectivity index (χ2n) is 3.68. The molecular formula is C13H8F3NOS. The maximum absolute atomic E-state index is 13.6. The summed E-state index contributed by atoms with van der Waals surface area (Å²) in [4.78, 5) is -0.204. The molecule has 98 valence electrons. The van der Waals surface area contributed by atoms with Crippen LogP contribution in [0, 0.1) is 17.5 Å². The third-order valence-electron chi connectivity index (χ3n) is 2.29. The molecule has 0 aliphatic rings. The molecule has 0 radical (unpaired) electrons.